The van der Waals surface area contributed by atoms with Gasteiger partial charge in [-0.05, 0) is 50.4 Å². The van der Waals surface area contributed by atoms with Gasteiger partial charge in [0.15, 0.2) is 0 Å². The van der Waals surface area contributed by atoms with Gasteiger partial charge in [-0.15, -0.1) is 12.4 Å². The lowest BCUT2D eigenvalue weighted by atomic mass is 9.95. The molecule has 1 N–H and O–H groups in total. The zero-order valence-electron chi connectivity index (χ0n) is 11.0. The Bertz CT molecular complexity index is 367. The molecule has 1 fully saturated rings. The van der Waals surface area contributed by atoms with Gasteiger partial charge in [-0.2, -0.15) is 0 Å². The molecule has 4 nitrogen and oxygen atoms in total. The number of hydrogen-bond donors (Lipinski definition) is 1. The van der Waals surface area contributed by atoms with Crippen LogP contribution in [0.25, 0.3) is 0 Å². The smallest absolute Gasteiger partial charge is 0.206 e. The number of aromatic nitrogens is 1. The van der Waals surface area contributed by atoms with Crippen LogP contribution in [0.1, 0.15) is 29.8 Å². The van der Waals surface area contributed by atoms with E-state index in [1.54, 1.807) is 18.3 Å². The highest BCUT2D eigenvalue weighted by Crippen LogP contribution is 2.15. The van der Waals surface area contributed by atoms with Gasteiger partial charge in [0.1, 0.15) is 12.3 Å². The van der Waals surface area contributed by atoms with Crippen molar-refractivity contribution in [2.45, 2.75) is 19.3 Å². The van der Waals surface area contributed by atoms with Gasteiger partial charge in [0.05, 0.1) is 0 Å². The van der Waals surface area contributed by atoms with Crippen LogP contribution in [0.4, 0.5) is 0 Å². The van der Waals surface area contributed by atoms with E-state index >= 15 is 0 Å². The maximum absolute atomic E-state index is 11.7. The Hall–Kier alpha value is -0.970. The topological polar surface area (TPSA) is 51.2 Å². The largest absolute Gasteiger partial charge is 0.373 e. The standard InChI is InChI=1S/C14H20N2O2.ClH/c17-14(13-3-1-2-7-16-13)11-18-10-6-12-4-8-15-9-5-12;/h1-3,7,12,15H,4-6,8-11H2;1H. The van der Waals surface area contributed by atoms with Gasteiger partial charge < -0.3 is 10.1 Å². The maximum Gasteiger partial charge on any atom is 0.206 e. The number of pyridine rings is 1. The van der Waals surface area contributed by atoms with Crippen molar-refractivity contribution in [1.82, 2.24) is 10.3 Å². The van der Waals surface area contributed by atoms with E-state index in [0.717, 1.165) is 25.4 Å². The molecular formula is C14H21ClN2O2. The molecule has 0 saturated carbocycles. The van der Waals surface area contributed by atoms with E-state index in [9.17, 15) is 4.79 Å². The summed E-state index contributed by atoms with van der Waals surface area (Å²) in [6.45, 7) is 3.03. The lowest BCUT2D eigenvalue weighted by molar-refractivity contribution is 0.0718. The van der Waals surface area contributed by atoms with Crippen molar-refractivity contribution in [2.75, 3.05) is 26.3 Å². The van der Waals surface area contributed by atoms with Gasteiger partial charge in [0.2, 0.25) is 5.78 Å². The average molecular weight is 285 g/mol. The Morgan fingerprint density at radius 1 is 1.37 bits per heavy atom. The van der Waals surface area contributed by atoms with Crippen LogP contribution >= 0.6 is 12.4 Å². The summed E-state index contributed by atoms with van der Waals surface area (Å²) < 4.78 is 5.44. The van der Waals surface area contributed by atoms with E-state index in [4.69, 9.17) is 4.74 Å². The number of piperidine rings is 1. The van der Waals surface area contributed by atoms with Crippen molar-refractivity contribution in [3.63, 3.8) is 0 Å². The fourth-order valence-electron chi connectivity index (χ4n) is 2.19. The molecule has 0 unspecified atom stereocenters. The van der Waals surface area contributed by atoms with Crippen LogP contribution < -0.4 is 5.32 Å². The summed E-state index contributed by atoms with van der Waals surface area (Å²) in [6, 6.07) is 5.34. The number of rotatable bonds is 6. The van der Waals surface area contributed by atoms with Gasteiger partial charge in [-0.3, -0.25) is 9.78 Å². The number of hydrogen-bond acceptors (Lipinski definition) is 4. The van der Waals surface area contributed by atoms with Crippen molar-refractivity contribution in [2.24, 2.45) is 5.92 Å². The Balaban J connectivity index is 0.00000180. The summed E-state index contributed by atoms with van der Waals surface area (Å²) in [4.78, 5) is 15.7. The third-order valence-corrected chi connectivity index (χ3v) is 3.31. The van der Waals surface area contributed by atoms with Crippen LogP contribution in [0.5, 0.6) is 0 Å². The van der Waals surface area contributed by atoms with Gasteiger partial charge in [0.25, 0.3) is 0 Å². The second kappa shape index (κ2) is 9.02. The first-order chi connectivity index (χ1) is 8.86. The summed E-state index contributed by atoms with van der Waals surface area (Å²) >= 11 is 0. The summed E-state index contributed by atoms with van der Waals surface area (Å²) in [5.41, 5.74) is 0.486. The molecule has 0 spiro atoms. The minimum absolute atomic E-state index is 0. The van der Waals surface area contributed by atoms with E-state index in [1.807, 2.05) is 6.07 Å². The first-order valence-corrected chi connectivity index (χ1v) is 6.59. The van der Waals surface area contributed by atoms with E-state index in [2.05, 4.69) is 10.3 Å². The molecule has 1 aromatic heterocycles. The number of ether oxygens (including phenoxy) is 1. The molecule has 5 heteroatoms. The molecule has 1 aliphatic heterocycles. The van der Waals surface area contributed by atoms with Gasteiger partial charge in [-0.25, -0.2) is 0 Å². The van der Waals surface area contributed by atoms with E-state index in [-0.39, 0.29) is 24.8 Å². The van der Waals surface area contributed by atoms with E-state index < -0.39 is 0 Å². The zero-order chi connectivity index (χ0) is 12.6. The quantitative estimate of drug-likeness (QED) is 0.642. The van der Waals surface area contributed by atoms with Crippen LogP contribution in [0, 0.1) is 5.92 Å². The lowest BCUT2D eigenvalue weighted by Crippen LogP contribution is -2.28. The lowest BCUT2D eigenvalue weighted by Gasteiger charge is -2.22. The molecule has 1 aliphatic rings. The van der Waals surface area contributed by atoms with Crippen LogP contribution in [0.3, 0.4) is 0 Å². The fourth-order valence-corrected chi connectivity index (χ4v) is 2.19. The average Bonchev–Trinajstić information content (AvgIpc) is 2.45. The highest BCUT2D eigenvalue weighted by Gasteiger charge is 2.13. The third-order valence-electron chi connectivity index (χ3n) is 3.31. The van der Waals surface area contributed by atoms with Gasteiger partial charge >= 0.3 is 0 Å². The molecule has 1 saturated heterocycles. The summed E-state index contributed by atoms with van der Waals surface area (Å²) in [5, 5.41) is 3.34. The molecule has 0 atom stereocenters. The molecule has 2 heterocycles. The minimum atomic E-state index is -0.0408. The highest BCUT2D eigenvalue weighted by atomic mass is 35.5. The summed E-state index contributed by atoms with van der Waals surface area (Å²) in [7, 11) is 0. The van der Waals surface area contributed by atoms with Gasteiger partial charge in [0, 0.05) is 12.8 Å². The third kappa shape index (κ3) is 5.68. The Kier molecular flexibility index (Phi) is 7.63. The SMILES string of the molecule is Cl.O=C(COCCC1CCNCC1)c1ccccn1. The molecule has 106 valence electrons. The molecule has 0 bridgehead atoms. The second-order valence-electron chi connectivity index (χ2n) is 4.67. The van der Waals surface area contributed by atoms with Crippen molar-refractivity contribution >= 4 is 18.2 Å². The Morgan fingerprint density at radius 2 is 2.16 bits per heavy atom. The molecular weight excluding hydrogens is 264 g/mol. The van der Waals surface area contributed by atoms with Crippen LogP contribution in [-0.4, -0.2) is 37.1 Å². The number of carbonyl (C=O) groups excluding carboxylic acids is 1. The molecule has 0 radical (unpaired) electrons. The number of nitrogens with one attached hydrogen (secondary N) is 1. The molecule has 0 aliphatic carbocycles. The van der Waals surface area contributed by atoms with Crippen molar-refractivity contribution in [3.05, 3.63) is 30.1 Å². The normalized spacial score (nSPS) is 15.8. The van der Waals surface area contributed by atoms with Crippen molar-refractivity contribution in [1.29, 1.82) is 0 Å². The first-order valence-electron chi connectivity index (χ1n) is 6.59. The summed E-state index contributed by atoms with van der Waals surface area (Å²) in [6.07, 6.45) is 5.12. The van der Waals surface area contributed by atoms with Crippen LogP contribution in [0.15, 0.2) is 24.4 Å². The Morgan fingerprint density at radius 3 is 2.84 bits per heavy atom. The van der Waals surface area contributed by atoms with E-state index in [0.29, 0.717) is 12.3 Å². The molecule has 1 aromatic rings. The van der Waals surface area contributed by atoms with Gasteiger partial charge in [-0.1, -0.05) is 6.07 Å². The molecule has 19 heavy (non-hydrogen) atoms. The maximum atomic E-state index is 11.7. The number of nitrogens with zero attached hydrogens (tertiary/aromatic N) is 1. The number of ketones is 1. The zero-order valence-corrected chi connectivity index (χ0v) is 11.8. The Labute approximate surface area is 120 Å². The van der Waals surface area contributed by atoms with Crippen LogP contribution in [0.2, 0.25) is 0 Å². The molecule has 0 aromatic carbocycles. The first kappa shape index (κ1) is 16.1. The van der Waals surface area contributed by atoms with Crippen molar-refractivity contribution in [3.8, 4) is 0 Å². The predicted octanol–water partition coefficient (Wildman–Crippen LogP) is 2.09. The number of Topliss-reactive ketones (excluding diaryl/α,β-unsaturated/α-hetero) is 1. The van der Waals surface area contributed by atoms with E-state index in [1.165, 1.54) is 12.8 Å². The monoisotopic (exact) mass is 284 g/mol. The predicted molar refractivity (Wildman–Crippen MR) is 76.8 cm³/mol. The van der Waals surface area contributed by atoms with Crippen LogP contribution in [-0.2, 0) is 4.74 Å². The minimum Gasteiger partial charge on any atom is -0.373 e. The fraction of sp³-hybridized carbons (Fsp3) is 0.571. The molecule has 2 rings (SSSR count). The summed E-state index contributed by atoms with van der Waals surface area (Å²) in [5.74, 6) is 0.706. The van der Waals surface area contributed by atoms with Crippen molar-refractivity contribution < 1.29 is 9.53 Å². The highest BCUT2D eigenvalue weighted by molar-refractivity contribution is 5.95. The number of halogens is 1. The second-order valence-corrected chi connectivity index (χ2v) is 4.67. The molecule has 0 amide bonds. The number of carbonyl (C=O) groups is 1.